The Hall–Kier alpha value is -2.04. The fraction of sp³-hybridized carbons (Fsp3) is 0.385. The van der Waals surface area contributed by atoms with Crippen LogP contribution in [0.15, 0.2) is 30.7 Å². The van der Waals surface area contributed by atoms with Crippen LogP contribution in [-0.2, 0) is 6.42 Å². The molecule has 5 nitrogen and oxygen atoms in total. The van der Waals surface area contributed by atoms with Crippen LogP contribution in [0, 0.1) is 0 Å². The number of rotatable bonds is 5. The van der Waals surface area contributed by atoms with Crippen LogP contribution in [0.4, 0.5) is 0 Å². The van der Waals surface area contributed by atoms with E-state index >= 15 is 0 Å². The van der Waals surface area contributed by atoms with Gasteiger partial charge in [0.15, 0.2) is 0 Å². The molecule has 0 atom stereocenters. The minimum absolute atomic E-state index is 0.00143. The van der Waals surface area contributed by atoms with Gasteiger partial charge in [0.25, 0.3) is 5.91 Å². The van der Waals surface area contributed by atoms with Crippen LogP contribution in [-0.4, -0.2) is 27.0 Å². The van der Waals surface area contributed by atoms with E-state index in [0.29, 0.717) is 12.6 Å². The second-order valence-corrected chi connectivity index (χ2v) is 4.57. The van der Waals surface area contributed by atoms with Gasteiger partial charge >= 0.3 is 0 Å². The molecule has 0 radical (unpaired) electrons. The van der Waals surface area contributed by atoms with Crippen LogP contribution < -0.4 is 5.32 Å². The standard InChI is InChI=1S/C13H16N4O/c18-13(16-6-5-12-14-7-8-15-12)11-2-1-9-17(11)10-3-4-10/h1-2,7-10H,3-6H2,(H,14,15)(H,16,18). The van der Waals surface area contributed by atoms with Gasteiger partial charge in [-0.05, 0) is 25.0 Å². The molecule has 0 aliphatic heterocycles. The van der Waals surface area contributed by atoms with Gasteiger partial charge < -0.3 is 14.9 Å². The van der Waals surface area contributed by atoms with Crippen molar-refractivity contribution < 1.29 is 4.79 Å². The zero-order valence-electron chi connectivity index (χ0n) is 10.1. The van der Waals surface area contributed by atoms with E-state index in [1.807, 2.05) is 18.3 Å². The lowest BCUT2D eigenvalue weighted by molar-refractivity contribution is 0.0944. The lowest BCUT2D eigenvalue weighted by Gasteiger charge is -2.08. The molecular formula is C13H16N4O. The first-order chi connectivity index (χ1) is 8.84. The molecule has 1 aliphatic rings. The molecule has 0 spiro atoms. The second-order valence-electron chi connectivity index (χ2n) is 4.57. The van der Waals surface area contributed by atoms with Crippen molar-refractivity contribution in [1.82, 2.24) is 19.9 Å². The average Bonchev–Trinajstić information content (AvgIpc) is 2.91. The number of nitrogens with zero attached hydrogens (tertiary/aromatic N) is 2. The number of amides is 1. The highest BCUT2D eigenvalue weighted by atomic mass is 16.1. The number of carbonyl (C=O) groups excluding carboxylic acids is 1. The fourth-order valence-corrected chi connectivity index (χ4v) is 2.08. The minimum Gasteiger partial charge on any atom is -0.350 e. The van der Waals surface area contributed by atoms with Gasteiger partial charge in [0.05, 0.1) is 0 Å². The van der Waals surface area contributed by atoms with E-state index in [2.05, 4.69) is 19.9 Å². The quantitative estimate of drug-likeness (QED) is 0.837. The van der Waals surface area contributed by atoms with Gasteiger partial charge in [-0.15, -0.1) is 0 Å². The van der Waals surface area contributed by atoms with E-state index in [4.69, 9.17) is 0 Å². The molecule has 18 heavy (non-hydrogen) atoms. The average molecular weight is 244 g/mol. The van der Waals surface area contributed by atoms with E-state index in [1.165, 1.54) is 12.8 Å². The maximum absolute atomic E-state index is 12.0. The molecule has 2 N–H and O–H groups in total. The predicted molar refractivity (Wildman–Crippen MR) is 67.3 cm³/mol. The maximum Gasteiger partial charge on any atom is 0.267 e. The summed E-state index contributed by atoms with van der Waals surface area (Å²) in [6, 6.07) is 4.34. The summed E-state index contributed by atoms with van der Waals surface area (Å²) >= 11 is 0. The van der Waals surface area contributed by atoms with Gasteiger partial charge in [-0.3, -0.25) is 4.79 Å². The molecular weight excluding hydrogens is 228 g/mol. The second kappa shape index (κ2) is 4.68. The van der Waals surface area contributed by atoms with Crippen LogP contribution in [0.1, 0.15) is 35.2 Å². The van der Waals surface area contributed by atoms with E-state index < -0.39 is 0 Å². The van der Waals surface area contributed by atoms with Crippen LogP contribution in [0.2, 0.25) is 0 Å². The smallest absolute Gasteiger partial charge is 0.267 e. The predicted octanol–water partition coefficient (Wildman–Crippen LogP) is 1.52. The number of imidazole rings is 1. The normalized spacial score (nSPS) is 14.7. The molecule has 0 aromatic carbocycles. The summed E-state index contributed by atoms with van der Waals surface area (Å²) in [5, 5.41) is 2.93. The number of aromatic nitrogens is 3. The summed E-state index contributed by atoms with van der Waals surface area (Å²) in [7, 11) is 0. The summed E-state index contributed by atoms with van der Waals surface area (Å²) < 4.78 is 2.07. The Kier molecular flexibility index (Phi) is 2.88. The Morgan fingerprint density at radius 2 is 2.44 bits per heavy atom. The van der Waals surface area contributed by atoms with Crippen molar-refractivity contribution in [1.29, 1.82) is 0 Å². The first-order valence-electron chi connectivity index (χ1n) is 6.28. The van der Waals surface area contributed by atoms with Gasteiger partial charge in [0, 0.05) is 37.6 Å². The monoisotopic (exact) mass is 244 g/mol. The van der Waals surface area contributed by atoms with Crippen LogP contribution in [0.3, 0.4) is 0 Å². The van der Waals surface area contributed by atoms with E-state index in [-0.39, 0.29) is 5.91 Å². The molecule has 2 aromatic rings. The molecule has 5 heteroatoms. The minimum atomic E-state index is -0.00143. The van der Waals surface area contributed by atoms with Crippen molar-refractivity contribution in [3.8, 4) is 0 Å². The summed E-state index contributed by atoms with van der Waals surface area (Å²) in [4.78, 5) is 19.2. The Morgan fingerprint density at radius 3 is 3.17 bits per heavy atom. The molecule has 2 aromatic heterocycles. The number of carbonyl (C=O) groups is 1. The van der Waals surface area contributed by atoms with Crippen molar-refractivity contribution >= 4 is 5.91 Å². The lowest BCUT2D eigenvalue weighted by atomic mass is 10.3. The van der Waals surface area contributed by atoms with Crippen molar-refractivity contribution in [3.05, 3.63) is 42.2 Å². The van der Waals surface area contributed by atoms with Crippen molar-refractivity contribution in [3.63, 3.8) is 0 Å². The molecule has 1 saturated carbocycles. The van der Waals surface area contributed by atoms with Gasteiger partial charge in [-0.1, -0.05) is 0 Å². The molecule has 3 rings (SSSR count). The fourth-order valence-electron chi connectivity index (χ4n) is 2.08. The SMILES string of the molecule is O=C(NCCc1ncc[nH]1)c1cccn1C1CC1. The van der Waals surface area contributed by atoms with Gasteiger partial charge in [-0.2, -0.15) is 0 Å². The van der Waals surface area contributed by atoms with Crippen LogP contribution in [0.5, 0.6) is 0 Å². The molecule has 1 amide bonds. The Labute approximate surface area is 105 Å². The third kappa shape index (κ3) is 2.30. The summed E-state index contributed by atoms with van der Waals surface area (Å²) in [5.74, 6) is 0.895. The van der Waals surface area contributed by atoms with Gasteiger partial charge in [0.2, 0.25) is 0 Å². The Bertz CT molecular complexity index is 525. The summed E-state index contributed by atoms with van der Waals surface area (Å²) in [6.07, 6.45) is 8.58. The number of aromatic amines is 1. The van der Waals surface area contributed by atoms with Crippen molar-refractivity contribution in [2.75, 3.05) is 6.54 Å². The highest BCUT2D eigenvalue weighted by Crippen LogP contribution is 2.35. The van der Waals surface area contributed by atoms with Crippen molar-refractivity contribution in [2.24, 2.45) is 0 Å². The Morgan fingerprint density at radius 1 is 1.56 bits per heavy atom. The zero-order chi connectivity index (χ0) is 12.4. The first-order valence-corrected chi connectivity index (χ1v) is 6.28. The Balaban J connectivity index is 1.56. The molecule has 1 aliphatic carbocycles. The molecule has 2 heterocycles. The molecule has 1 fully saturated rings. The molecule has 94 valence electrons. The van der Waals surface area contributed by atoms with E-state index in [9.17, 15) is 4.79 Å². The molecule has 0 bridgehead atoms. The number of hydrogen-bond donors (Lipinski definition) is 2. The zero-order valence-corrected chi connectivity index (χ0v) is 10.1. The lowest BCUT2D eigenvalue weighted by Crippen LogP contribution is -2.27. The topological polar surface area (TPSA) is 62.7 Å². The van der Waals surface area contributed by atoms with Crippen LogP contribution >= 0.6 is 0 Å². The highest BCUT2D eigenvalue weighted by Gasteiger charge is 2.26. The number of H-pyrrole nitrogens is 1. The number of hydrogen-bond acceptors (Lipinski definition) is 2. The molecule has 0 saturated heterocycles. The van der Waals surface area contributed by atoms with E-state index in [0.717, 1.165) is 17.9 Å². The summed E-state index contributed by atoms with van der Waals surface area (Å²) in [6.45, 7) is 0.599. The highest BCUT2D eigenvalue weighted by molar-refractivity contribution is 5.92. The first kappa shape index (κ1) is 11.1. The summed E-state index contributed by atoms with van der Waals surface area (Å²) in [5.41, 5.74) is 0.761. The van der Waals surface area contributed by atoms with Gasteiger partial charge in [-0.25, -0.2) is 4.98 Å². The van der Waals surface area contributed by atoms with Gasteiger partial charge in [0.1, 0.15) is 11.5 Å². The molecule has 0 unspecified atom stereocenters. The maximum atomic E-state index is 12.0. The van der Waals surface area contributed by atoms with Crippen molar-refractivity contribution in [2.45, 2.75) is 25.3 Å². The largest absolute Gasteiger partial charge is 0.350 e. The van der Waals surface area contributed by atoms with E-state index in [1.54, 1.807) is 12.4 Å². The van der Waals surface area contributed by atoms with Crippen LogP contribution in [0.25, 0.3) is 0 Å². The third-order valence-corrected chi connectivity index (χ3v) is 3.15. The number of nitrogens with one attached hydrogen (secondary N) is 2. The third-order valence-electron chi connectivity index (χ3n) is 3.15.